The number of nitrogen functional groups attached to an aromatic ring is 1. The molecule has 0 bridgehead atoms. The molecule has 2 aromatic heterocycles. The van der Waals surface area contributed by atoms with E-state index >= 15 is 0 Å². The fourth-order valence-corrected chi connectivity index (χ4v) is 1.86. The van der Waals surface area contributed by atoms with Crippen LogP contribution in [0.2, 0.25) is 0 Å². The third-order valence-corrected chi connectivity index (χ3v) is 2.55. The summed E-state index contributed by atoms with van der Waals surface area (Å²) in [6.45, 7) is 6.99. The van der Waals surface area contributed by atoms with Gasteiger partial charge in [-0.2, -0.15) is 10.2 Å². The van der Waals surface area contributed by atoms with Crippen LogP contribution in [0, 0.1) is 13.8 Å². The summed E-state index contributed by atoms with van der Waals surface area (Å²) in [5.74, 6) is 0.507. The molecule has 0 unspecified atom stereocenters. The molecule has 0 fully saturated rings. The molecule has 0 saturated heterocycles. The van der Waals surface area contributed by atoms with Crippen LogP contribution in [-0.2, 0) is 6.54 Å². The average Bonchev–Trinajstić information content (AvgIpc) is 2.71. The van der Waals surface area contributed by atoms with Crippen LogP contribution < -0.4 is 5.73 Å². The Morgan fingerprint density at radius 3 is 2.67 bits per heavy atom. The Morgan fingerprint density at radius 1 is 1.47 bits per heavy atom. The first kappa shape index (κ1) is 9.76. The number of rotatable bonds is 2. The average molecular weight is 205 g/mol. The zero-order valence-electron chi connectivity index (χ0n) is 9.20. The number of nitrogens with two attached hydrogens (primary N) is 1. The van der Waals surface area contributed by atoms with Gasteiger partial charge in [0.05, 0.1) is 11.4 Å². The molecule has 5 heteroatoms. The van der Waals surface area contributed by atoms with E-state index < -0.39 is 0 Å². The van der Waals surface area contributed by atoms with Crippen molar-refractivity contribution in [3.63, 3.8) is 0 Å². The summed E-state index contributed by atoms with van der Waals surface area (Å²) in [5.41, 5.74) is 9.75. The van der Waals surface area contributed by atoms with Crippen molar-refractivity contribution in [2.45, 2.75) is 27.3 Å². The lowest BCUT2D eigenvalue weighted by molar-refractivity contribution is 0.634. The van der Waals surface area contributed by atoms with Gasteiger partial charge in [0.15, 0.2) is 0 Å². The van der Waals surface area contributed by atoms with Gasteiger partial charge in [0.1, 0.15) is 5.82 Å². The highest BCUT2D eigenvalue weighted by molar-refractivity contribution is 5.66. The van der Waals surface area contributed by atoms with E-state index in [1.54, 1.807) is 0 Å². The Morgan fingerprint density at radius 2 is 2.20 bits per heavy atom. The van der Waals surface area contributed by atoms with Gasteiger partial charge < -0.3 is 5.73 Å². The van der Waals surface area contributed by atoms with E-state index in [0.29, 0.717) is 5.82 Å². The van der Waals surface area contributed by atoms with Gasteiger partial charge >= 0.3 is 0 Å². The summed E-state index contributed by atoms with van der Waals surface area (Å²) in [4.78, 5) is 0. The molecule has 0 spiro atoms. The molecule has 0 aromatic carbocycles. The van der Waals surface area contributed by atoms with Crippen molar-refractivity contribution >= 4 is 5.82 Å². The van der Waals surface area contributed by atoms with Crippen molar-refractivity contribution < 1.29 is 0 Å². The van der Waals surface area contributed by atoms with Crippen molar-refractivity contribution in [3.8, 4) is 11.3 Å². The Hall–Kier alpha value is -1.78. The van der Waals surface area contributed by atoms with E-state index in [0.717, 1.165) is 29.2 Å². The van der Waals surface area contributed by atoms with Crippen LogP contribution in [0.4, 0.5) is 5.82 Å². The molecule has 0 aliphatic heterocycles. The fraction of sp³-hybridized carbons (Fsp3) is 0.400. The Labute approximate surface area is 88.3 Å². The van der Waals surface area contributed by atoms with Crippen molar-refractivity contribution in [1.29, 1.82) is 0 Å². The topological polar surface area (TPSA) is 72.5 Å². The van der Waals surface area contributed by atoms with Gasteiger partial charge in [0.25, 0.3) is 0 Å². The van der Waals surface area contributed by atoms with E-state index in [1.807, 2.05) is 17.7 Å². The smallest absolute Gasteiger partial charge is 0.145 e. The molecule has 0 aliphatic carbocycles. The molecule has 0 amide bonds. The zero-order chi connectivity index (χ0) is 11.0. The monoisotopic (exact) mass is 205 g/mol. The molecular weight excluding hydrogens is 190 g/mol. The lowest BCUT2D eigenvalue weighted by atomic mass is 10.1. The zero-order valence-corrected chi connectivity index (χ0v) is 9.20. The summed E-state index contributed by atoms with van der Waals surface area (Å²) in [6.07, 6.45) is 0. The first-order valence-electron chi connectivity index (χ1n) is 4.98. The van der Waals surface area contributed by atoms with Crippen molar-refractivity contribution in [2.75, 3.05) is 5.73 Å². The number of nitrogens with zero attached hydrogens (tertiary/aromatic N) is 3. The summed E-state index contributed by atoms with van der Waals surface area (Å²) in [7, 11) is 0. The van der Waals surface area contributed by atoms with Crippen LogP contribution in [-0.4, -0.2) is 20.0 Å². The minimum Gasteiger partial charge on any atom is -0.382 e. The lowest BCUT2D eigenvalue weighted by Crippen LogP contribution is -1.98. The number of H-pyrrole nitrogens is 1. The molecule has 0 radical (unpaired) electrons. The van der Waals surface area contributed by atoms with Gasteiger partial charge in [-0.3, -0.25) is 9.78 Å². The molecule has 2 rings (SSSR count). The number of nitrogens with one attached hydrogen (secondary N) is 1. The van der Waals surface area contributed by atoms with Crippen LogP contribution in [0.1, 0.15) is 18.3 Å². The number of aryl methyl sites for hydroxylation is 2. The van der Waals surface area contributed by atoms with Crippen LogP contribution in [0.15, 0.2) is 6.07 Å². The molecule has 2 heterocycles. The lowest BCUT2D eigenvalue weighted by Gasteiger charge is -1.99. The first-order valence-corrected chi connectivity index (χ1v) is 4.98. The molecule has 5 nitrogen and oxygen atoms in total. The molecule has 2 aromatic rings. The number of hydrogen-bond acceptors (Lipinski definition) is 3. The standard InChI is InChI=1S/C10H15N5/c1-4-15-7(3)10(6(2)14-15)8-5-9(11)13-12-8/h5H,4H2,1-3H3,(H3,11,12,13). The molecule has 0 aliphatic rings. The number of aromatic amines is 1. The van der Waals surface area contributed by atoms with Crippen molar-refractivity contribution in [1.82, 2.24) is 20.0 Å². The molecule has 0 saturated carbocycles. The van der Waals surface area contributed by atoms with E-state index in [9.17, 15) is 0 Å². The van der Waals surface area contributed by atoms with E-state index in [2.05, 4.69) is 29.1 Å². The fourth-order valence-electron chi connectivity index (χ4n) is 1.86. The molecule has 80 valence electrons. The van der Waals surface area contributed by atoms with Gasteiger partial charge in [-0.25, -0.2) is 0 Å². The molecule has 3 N–H and O–H groups in total. The normalized spacial score (nSPS) is 10.9. The minimum atomic E-state index is 0.507. The van der Waals surface area contributed by atoms with E-state index in [1.165, 1.54) is 0 Å². The molecule has 15 heavy (non-hydrogen) atoms. The molecular formula is C10H15N5. The second kappa shape index (κ2) is 3.42. The highest BCUT2D eigenvalue weighted by Gasteiger charge is 2.14. The number of aromatic nitrogens is 4. The van der Waals surface area contributed by atoms with Crippen LogP contribution in [0.25, 0.3) is 11.3 Å². The third kappa shape index (κ3) is 1.49. The second-order valence-corrected chi connectivity index (χ2v) is 3.57. The predicted molar refractivity (Wildman–Crippen MR) is 59.4 cm³/mol. The summed E-state index contributed by atoms with van der Waals surface area (Å²) in [6, 6.07) is 1.83. The van der Waals surface area contributed by atoms with Crippen LogP contribution >= 0.6 is 0 Å². The number of anilines is 1. The maximum atomic E-state index is 5.59. The highest BCUT2D eigenvalue weighted by Crippen LogP contribution is 2.25. The predicted octanol–water partition coefficient (Wildman–Crippen LogP) is 1.49. The quantitative estimate of drug-likeness (QED) is 0.780. The second-order valence-electron chi connectivity index (χ2n) is 3.57. The maximum Gasteiger partial charge on any atom is 0.145 e. The minimum absolute atomic E-state index is 0.507. The van der Waals surface area contributed by atoms with Gasteiger partial charge in [0, 0.05) is 23.9 Å². The van der Waals surface area contributed by atoms with E-state index in [-0.39, 0.29) is 0 Å². The van der Waals surface area contributed by atoms with Crippen LogP contribution in [0.5, 0.6) is 0 Å². The number of hydrogen-bond donors (Lipinski definition) is 2. The third-order valence-electron chi connectivity index (χ3n) is 2.55. The maximum absolute atomic E-state index is 5.59. The Kier molecular flexibility index (Phi) is 2.22. The van der Waals surface area contributed by atoms with Gasteiger partial charge in [-0.15, -0.1) is 0 Å². The first-order chi connectivity index (χ1) is 7.13. The summed E-state index contributed by atoms with van der Waals surface area (Å²) >= 11 is 0. The van der Waals surface area contributed by atoms with Crippen molar-refractivity contribution in [2.24, 2.45) is 0 Å². The Balaban J connectivity index is 2.57. The molecule has 0 atom stereocenters. The Bertz CT molecular complexity index is 480. The van der Waals surface area contributed by atoms with Gasteiger partial charge in [0.2, 0.25) is 0 Å². The van der Waals surface area contributed by atoms with E-state index in [4.69, 9.17) is 5.73 Å². The summed E-state index contributed by atoms with van der Waals surface area (Å²) in [5, 5.41) is 11.3. The largest absolute Gasteiger partial charge is 0.382 e. The van der Waals surface area contributed by atoms with Gasteiger partial charge in [-0.1, -0.05) is 0 Å². The SMILES string of the molecule is CCn1nc(C)c(-c2cc(N)n[nH]2)c1C. The summed E-state index contributed by atoms with van der Waals surface area (Å²) < 4.78 is 1.97. The van der Waals surface area contributed by atoms with Crippen molar-refractivity contribution in [3.05, 3.63) is 17.5 Å². The highest BCUT2D eigenvalue weighted by atomic mass is 15.3. The van der Waals surface area contributed by atoms with Gasteiger partial charge in [-0.05, 0) is 20.8 Å². The van der Waals surface area contributed by atoms with Crippen LogP contribution in [0.3, 0.4) is 0 Å².